The average molecular weight is 353 g/mol. The quantitative estimate of drug-likeness (QED) is 0.658. The Kier molecular flexibility index (Phi) is 5.84. The zero-order valence-electron chi connectivity index (χ0n) is 12.5. The molecule has 0 spiro atoms. The minimum Gasteiger partial charge on any atom is -0.493 e. The van der Waals surface area contributed by atoms with Crippen LogP contribution in [0.25, 0.3) is 0 Å². The number of carbonyl (C=O) groups excluding carboxylic acids is 1. The minimum absolute atomic E-state index is 0.303. The highest BCUT2D eigenvalue weighted by Crippen LogP contribution is 2.29. The van der Waals surface area contributed by atoms with Crippen molar-refractivity contribution in [3.05, 3.63) is 57.6 Å². The molecule has 1 amide bonds. The number of nitrogens with zero attached hydrogens (tertiary/aromatic N) is 1. The second kappa shape index (κ2) is 7.85. The largest absolute Gasteiger partial charge is 0.493 e. The fraction of sp³-hybridized carbons (Fsp3) is 0.125. The van der Waals surface area contributed by atoms with Crippen molar-refractivity contribution in [2.24, 2.45) is 5.10 Å². The predicted molar refractivity (Wildman–Crippen MR) is 91.1 cm³/mol. The number of para-hydroxylation sites is 1. The lowest BCUT2D eigenvalue weighted by Crippen LogP contribution is -2.17. The molecule has 5 nitrogen and oxygen atoms in total. The Labute approximate surface area is 143 Å². The molecule has 0 heterocycles. The summed E-state index contributed by atoms with van der Waals surface area (Å²) in [5, 5.41) is 4.60. The third-order valence-electron chi connectivity index (χ3n) is 2.98. The highest BCUT2D eigenvalue weighted by atomic mass is 35.5. The molecule has 2 aromatic carbocycles. The molecule has 0 unspecified atom stereocenters. The van der Waals surface area contributed by atoms with Crippen LogP contribution in [0.5, 0.6) is 11.5 Å². The van der Waals surface area contributed by atoms with Crippen LogP contribution in [0.15, 0.2) is 41.5 Å². The number of hydrogen-bond donors (Lipinski definition) is 1. The van der Waals surface area contributed by atoms with E-state index in [4.69, 9.17) is 32.7 Å². The smallest absolute Gasteiger partial charge is 0.271 e. The molecule has 23 heavy (non-hydrogen) atoms. The van der Waals surface area contributed by atoms with Gasteiger partial charge in [-0.05, 0) is 30.3 Å². The molecule has 120 valence electrons. The van der Waals surface area contributed by atoms with Crippen LogP contribution in [-0.4, -0.2) is 26.3 Å². The van der Waals surface area contributed by atoms with E-state index in [2.05, 4.69) is 10.5 Å². The van der Waals surface area contributed by atoms with Crippen LogP contribution in [0.3, 0.4) is 0 Å². The Morgan fingerprint density at radius 3 is 2.57 bits per heavy atom. The summed E-state index contributed by atoms with van der Waals surface area (Å²) in [5.41, 5.74) is 3.44. The van der Waals surface area contributed by atoms with E-state index in [1.807, 2.05) is 0 Å². The molecule has 0 saturated heterocycles. The monoisotopic (exact) mass is 352 g/mol. The highest BCUT2D eigenvalue weighted by molar-refractivity contribution is 6.42. The first kappa shape index (κ1) is 17.1. The van der Waals surface area contributed by atoms with Gasteiger partial charge in [-0.2, -0.15) is 5.10 Å². The first-order chi connectivity index (χ1) is 11.1. The van der Waals surface area contributed by atoms with Crippen molar-refractivity contribution >= 4 is 35.3 Å². The maximum Gasteiger partial charge on any atom is 0.271 e. The molecule has 0 atom stereocenters. The summed E-state index contributed by atoms with van der Waals surface area (Å²) in [5.74, 6) is 0.705. The standard InChI is InChI=1S/C16H14Cl2N2O3/c1-22-14-5-3-4-11(15(14)23-2)9-19-20-16(21)10-6-7-12(17)13(18)8-10/h3-9H,1-2H3,(H,20,21)/b19-9-. The molecule has 0 aliphatic rings. The van der Waals surface area contributed by atoms with E-state index in [1.54, 1.807) is 37.4 Å². The molecule has 0 radical (unpaired) electrons. The molecular weight excluding hydrogens is 339 g/mol. The molecule has 2 aromatic rings. The molecule has 0 fully saturated rings. The first-order valence-corrected chi connectivity index (χ1v) is 7.32. The van der Waals surface area contributed by atoms with Gasteiger partial charge in [0.25, 0.3) is 5.91 Å². The Bertz CT molecular complexity index is 748. The molecule has 7 heteroatoms. The number of ether oxygens (including phenoxy) is 2. The van der Waals surface area contributed by atoms with Crippen LogP contribution >= 0.6 is 23.2 Å². The average Bonchev–Trinajstić information content (AvgIpc) is 2.56. The van der Waals surface area contributed by atoms with Gasteiger partial charge in [-0.1, -0.05) is 29.3 Å². The van der Waals surface area contributed by atoms with Crippen molar-refractivity contribution < 1.29 is 14.3 Å². The van der Waals surface area contributed by atoms with Crippen LogP contribution in [0.1, 0.15) is 15.9 Å². The minimum atomic E-state index is -0.401. The van der Waals surface area contributed by atoms with Crippen LogP contribution in [-0.2, 0) is 0 Å². The number of methoxy groups -OCH3 is 2. The SMILES string of the molecule is COc1cccc(/C=N\NC(=O)c2ccc(Cl)c(Cl)c2)c1OC. The Morgan fingerprint density at radius 1 is 1.13 bits per heavy atom. The number of carbonyl (C=O) groups is 1. The van der Waals surface area contributed by atoms with E-state index in [0.717, 1.165) is 0 Å². The maximum absolute atomic E-state index is 12.0. The number of nitrogens with one attached hydrogen (secondary N) is 1. The van der Waals surface area contributed by atoms with E-state index < -0.39 is 5.91 Å². The van der Waals surface area contributed by atoms with Gasteiger partial charge >= 0.3 is 0 Å². The summed E-state index contributed by atoms with van der Waals surface area (Å²) in [6.45, 7) is 0. The summed E-state index contributed by atoms with van der Waals surface area (Å²) < 4.78 is 10.5. The van der Waals surface area contributed by atoms with Gasteiger partial charge in [0.1, 0.15) is 0 Å². The van der Waals surface area contributed by atoms with Crippen molar-refractivity contribution in [1.82, 2.24) is 5.43 Å². The van der Waals surface area contributed by atoms with E-state index in [9.17, 15) is 4.79 Å². The van der Waals surface area contributed by atoms with Crippen molar-refractivity contribution in [2.75, 3.05) is 14.2 Å². The summed E-state index contributed by atoms with van der Waals surface area (Å²) >= 11 is 11.7. The fourth-order valence-electron chi connectivity index (χ4n) is 1.88. The summed E-state index contributed by atoms with van der Waals surface area (Å²) in [7, 11) is 3.08. The number of rotatable bonds is 5. The lowest BCUT2D eigenvalue weighted by atomic mass is 10.2. The van der Waals surface area contributed by atoms with Gasteiger partial charge in [-0.15, -0.1) is 0 Å². The third kappa shape index (κ3) is 4.15. The van der Waals surface area contributed by atoms with Gasteiger partial charge in [0.15, 0.2) is 11.5 Å². The third-order valence-corrected chi connectivity index (χ3v) is 3.72. The van der Waals surface area contributed by atoms with Crippen LogP contribution in [0, 0.1) is 0 Å². The molecule has 2 rings (SSSR count). The molecule has 0 aliphatic carbocycles. The van der Waals surface area contributed by atoms with E-state index in [1.165, 1.54) is 19.4 Å². The lowest BCUT2D eigenvalue weighted by Gasteiger charge is -2.09. The predicted octanol–water partition coefficient (Wildman–Crippen LogP) is 3.77. The number of hydrogen-bond acceptors (Lipinski definition) is 4. The lowest BCUT2D eigenvalue weighted by molar-refractivity contribution is 0.0955. The van der Waals surface area contributed by atoms with E-state index in [0.29, 0.717) is 32.7 Å². The summed E-state index contributed by atoms with van der Waals surface area (Å²) in [4.78, 5) is 12.0. The van der Waals surface area contributed by atoms with Crippen molar-refractivity contribution in [3.8, 4) is 11.5 Å². The number of benzene rings is 2. The Morgan fingerprint density at radius 2 is 1.91 bits per heavy atom. The number of amides is 1. The number of hydrazone groups is 1. The maximum atomic E-state index is 12.0. The molecule has 0 aromatic heterocycles. The van der Waals surface area contributed by atoms with Gasteiger partial charge in [0.2, 0.25) is 0 Å². The van der Waals surface area contributed by atoms with E-state index in [-0.39, 0.29) is 0 Å². The normalized spacial score (nSPS) is 10.6. The van der Waals surface area contributed by atoms with Gasteiger partial charge in [0, 0.05) is 11.1 Å². The van der Waals surface area contributed by atoms with Gasteiger partial charge in [-0.25, -0.2) is 5.43 Å². The van der Waals surface area contributed by atoms with Gasteiger partial charge in [-0.3, -0.25) is 4.79 Å². The van der Waals surface area contributed by atoms with Gasteiger partial charge in [0.05, 0.1) is 30.5 Å². The van der Waals surface area contributed by atoms with Crippen molar-refractivity contribution in [3.63, 3.8) is 0 Å². The molecule has 1 N–H and O–H groups in total. The van der Waals surface area contributed by atoms with Crippen LogP contribution in [0.2, 0.25) is 10.0 Å². The molecular formula is C16H14Cl2N2O3. The summed E-state index contributed by atoms with van der Waals surface area (Å²) in [6.07, 6.45) is 1.47. The first-order valence-electron chi connectivity index (χ1n) is 6.56. The zero-order valence-corrected chi connectivity index (χ0v) is 14.0. The van der Waals surface area contributed by atoms with Crippen LogP contribution in [0.4, 0.5) is 0 Å². The van der Waals surface area contributed by atoms with Crippen LogP contribution < -0.4 is 14.9 Å². The summed E-state index contributed by atoms with van der Waals surface area (Å²) in [6, 6.07) is 9.93. The fourth-order valence-corrected chi connectivity index (χ4v) is 2.17. The topological polar surface area (TPSA) is 59.9 Å². The van der Waals surface area contributed by atoms with Crippen molar-refractivity contribution in [1.29, 1.82) is 0 Å². The molecule has 0 aliphatic heterocycles. The Balaban J connectivity index is 2.12. The second-order valence-electron chi connectivity index (χ2n) is 4.41. The Hall–Kier alpha value is -2.24. The zero-order chi connectivity index (χ0) is 16.8. The highest BCUT2D eigenvalue weighted by Gasteiger charge is 2.09. The van der Waals surface area contributed by atoms with E-state index >= 15 is 0 Å². The van der Waals surface area contributed by atoms with Gasteiger partial charge < -0.3 is 9.47 Å². The van der Waals surface area contributed by atoms with Crippen molar-refractivity contribution in [2.45, 2.75) is 0 Å². The molecule has 0 bridgehead atoms. The molecule has 0 saturated carbocycles. The second-order valence-corrected chi connectivity index (χ2v) is 5.23. The number of halogens is 2.